The lowest BCUT2D eigenvalue weighted by Gasteiger charge is -2.05. The molecule has 0 saturated carbocycles. The molecule has 0 bridgehead atoms. The second kappa shape index (κ2) is 6.89. The number of imidazole rings is 1. The molecule has 0 radical (unpaired) electrons. The molecule has 3 rings (SSSR count). The maximum Gasteiger partial charge on any atom is 0.315 e. The molecule has 0 unspecified atom stereocenters. The molecular weight excluding hydrogens is 312 g/mol. The molecule has 23 heavy (non-hydrogen) atoms. The van der Waals surface area contributed by atoms with E-state index in [4.69, 9.17) is 4.74 Å². The van der Waals surface area contributed by atoms with Crippen LogP contribution in [-0.4, -0.2) is 33.2 Å². The fraction of sp³-hybridized carbons (Fsp3) is 0.312. The van der Waals surface area contributed by atoms with Crippen LogP contribution in [0.25, 0.3) is 10.2 Å². The fourth-order valence-electron chi connectivity index (χ4n) is 2.33. The highest BCUT2D eigenvalue weighted by atomic mass is 32.1. The monoisotopic (exact) mass is 330 g/mol. The zero-order chi connectivity index (χ0) is 16.2. The minimum absolute atomic E-state index is 0.332. The molecule has 7 heteroatoms. The summed E-state index contributed by atoms with van der Waals surface area (Å²) in [6, 6.07) is 8.02. The van der Waals surface area contributed by atoms with Gasteiger partial charge in [0, 0.05) is 32.6 Å². The number of carbonyl (C=O) groups excluding carboxylic acids is 1. The summed E-state index contributed by atoms with van der Waals surface area (Å²) >= 11 is 1.50. The predicted octanol–water partition coefficient (Wildman–Crippen LogP) is 2.21. The minimum atomic E-state index is -0.339. The first-order valence-corrected chi connectivity index (χ1v) is 8.25. The second-order valence-electron chi connectivity index (χ2n) is 4.98. The van der Waals surface area contributed by atoms with E-state index in [9.17, 15) is 4.79 Å². The van der Waals surface area contributed by atoms with E-state index in [1.807, 2.05) is 35.8 Å². The summed E-state index contributed by atoms with van der Waals surface area (Å²) in [4.78, 5) is 21.4. The first-order valence-electron chi connectivity index (χ1n) is 7.43. The van der Waals surface area contributed by atoms with Gasteiger partial charge in [-0.25, -0.2) is 4.98 Å². The maximum atomic E-state index is 12.4. The van der Waals surface area contributed by atoms with Gasteiger partial charge in [0.2, 0.25) is 5.82 Å². The fourth-order valence-corrected chi connectivity index (χ4v) is 3.39. The van der Waals surface area contributed by atoms with Gasteiger partial charge < -0.3 is 13.9 Å². The SMILES string of the molecule is CCOCCn1c(=NC(=O)c2nccn2C)sc2ccccc21. The Hall–Kier alpha value is -2.25. The van der Waals surface area contributed by atoms with Crippen molar-refractivity contribution in [1.82, 2.24) is 14.1 Å². The summed E-state index contributed by atoms with van der Waals surface area (Å²) in [5, 5.41) is 0. The molecular formula is C16H18N4O2S. The average molecular weight is 330 g/mol. The van der Waals surface area contributed by atoms with E-state index in [1.165, 1.54) is 11.3 Å². The zero-order valence-electron chi connectivity index (χ0n) is 13.1. The van der Waals surface area contributed by atoms with Crippen LogP contribution in [0.4, 0.5) is 0 Å². The normalized spacial score (nSPS) is 12.2. The first-order chi connectivity index (χ1) is 11.2. The van der Waals surface area contributed by atoms with Crippen LogP contribution >= 0.6 is 11.3 Å². The molecule has 0 atom stereocenters. The molecule has 2 heterocycles. The standard InChI is InChI=1S/C16H18N4O2S/c1-3-22-11-10-20-12-6-4-5-7-13(12)23-16(20)18-15(21)14-17-8-9-19(14)2/h4-9H,3,10-11H2,1-2H3. The van der Waals surface area contributed by atoms with E-state index in [1.54, 1.807) is 24.0 Å². The van der Waals surface area contributed by atoms with Gasteiger partial charge in [0.05, 0.1) is 16.8 Å². The first kappa shape index (κ1) is 15.6. The highest BCUT2D eigenvalue weighted by Crippen LogP contribution is 2.16. The summed E-state index contributed by atoms with van der Waals surface area (Å²) in [6.45, 7) is 3.87. The number of hydrogen-bond donors (Lipinski definition) is 0. The van der Waals surface area contributed by atoms with Gasteiger partial charge in [0.15, 0.2) is 4.80 Å². The van der Waals surface area contributed by atoms with Crippen molar-refractivity contribution >= 4 is 27.5 Å². The van der Waals surface area contributed by atoms with Crippen molar-refractivity contribution in [3.63, 3.8) is 0 Å². The molecule has 6 nitrogen and oxygen atoms in total. The number of para-hydroxylation sites is 1. The lowest BCUT2D eigenvalue weighted by Crippen LogP contribution is -2.20. The van der Waals surface area contributed by atoms with Crippen molar-refractivity contribution < 1.29 is 9.53 Å². The number of thiazole rings is 1. The van der Waals surface area contributed by atoms with Crippen molar-refractivity contribution in [2.45, 2.75) is 13.5 Å². The third-order valence-corrected chi connectivity index (χ3v) is 4.52. The number of benzene rings is 1. The van der Waals surface area contributed by atoms with Crippen LogP contribution in [0, 0.1) is 0 Å². The van der Waals surface area contributed by atoms with Crippen LogP contribution in [0.5, 0.6) is 0 Å². The van der Waals surface area contributed by atoms with Gasteiger partial charge in [0.1, 0.15) is 0 Å². The Kier molecular flexibility index (Phi) is 4.68. The molecule has 2 aromatic heterocycles. The minimum Gasteiger partial charge on any atom is -0.380 e. The molecule has 0 saturated heterocycles. The Morgan fingerprint density at radius 1 is 1.39 bits per heavy atom. The molecule has 0 aliphatic heterocycles. The highest BCUT2D eigenvalue weighted by molar-refractivity contribution is 7.16. The van der Waals surface area contributed by atoms with Crippen molar-refractivity contribution in [3.8, 4) is 0 Å². The van der Waals surface area contributed by atoms with E-state index < -0.39 is 0 Å². The molecule has 3 aromatic rings. The number of aromatic nitrogens is 3. The van der Waals surface area contributed by atoms with Crippen molar-refractivity contribution in [1.29, 1.82) is 0 Å². The van der Waals surface area contributed by atoms with Gasteiger partial charge >= 0.3 is 5.91 Å². The average Bonchev–Trinajstić information content (AvgIpc) is 3.12. The lowest BCUT2D eigenvalue weighted by molar-refractivity contribution is 0.0984. The maximum absolute atomic E-state index is 12.4. The van der Waals surface area contributed by atoms with Crippen LogP contribution in [0.1, 0.15) is 17.5 Å². The molecule has 0 spiro atoms. The number of aryl methyl sites for hydroxylation is 1. The number of rotatable bonds is 5. The second-order valence-corrected chi connectivity index (χ2v) is 5.99. The lowest BCUT2D eigenvalue weighted by atomic mass is 10.3. The van der Waals surface area contributed by atoms with Gasteiger partial charge in [-0.3, -0.25) is 4.79 Å². The van der Waals surface area contributed by atoms with E-state index >= 15 is 0 Å². The summed E-state index contributed by atoms with van der Waals surface area (Å²) in [6.07, 6.45) is 3.33. The number of fused-ring (bicyclic) bond motifs is 1. The number of hydrogen-bond acceptors (Lipinski definition) is 4. The largest absolute Gasteiger partial charge is 0.380 e. The third-order valence-electron chi connectivity index (χ3n) is 3.46. The molecule has 0 N–H and O–H groups in total. The van der Waals surface area contributed by atoms with E-state index in [2.05, 4.69) is 9.98 Å². The van der Waals surface area contributed by atoms with Crippen molar-refractivity contribution in [2.75, 3.05) is 13.2 Å². The predicted molar refractivity (Wildman–Crippen MR) is 89.4 cm³/mol. The van der Waals surface area contributed by atoms with Crippen molar-refractivity contribution in [2.24, 2.45) is 12.0 Å². The quantitative estimate of drug-likeness (QED) is 0.674. The Morgan fingerprint density at radius 3 is 2.96 bits per heavy atom. The molecule has 1 aromatic carbocycles. The summed E-state index contributed by atoms with van der Waals surface area (Å²) in [5.74, 6) is -0.00645. The van der Waals surface area contributed by atoms with Gasteiger partial charge in [-0.1, -0.05) is 23.5 Å². The Balaban J connectivity index is 2.05. The van der Waals surface area contributed by atoms with Crippen molar-refractivity contribution in [3.05, 3.63) is 47.3 Å². The van der Waals surface area contributed by atoms with Gasteiger partial charge in [-0.2, -0.15) is 4.99 Å². The number of amides is 1. The van der Waals surface area contributed by atoms with Crippen LogP contribution in [-0.2, 0) is 18.3 Å². The number of nitrogens with zero attached hydrogens (tertiary/aromatic N) is 4. The van der Waals surface area contributed by atoms with Gasteiger partial charge in [-0.15, -0.1) is 0 Å². The van der Waals surface area contributed by atoms with Gasteiger partial charge in [0.25, 0.3) is 0 Å². The molecule has 0 aliphatic carbocycles. The highest BCUT2D eigenvalue weighted by Gasteiger charge is 2.12. The Morgan fingerprint density at radius 2 is 2.22 bits per heavy atom. The molecule has 1 amide bonds. The Labute approximate surface area is 137 Å². The smallest absolute Gasteiger partial charge is 0.315 e. The van der Waals surface area contributed by atoms with Crippen LogP contribution in [0.3, 0.4) is 0 Å². The third kappa shape index (κ3) is 3.25. The topological polar surface area (TPSA) is 61.4 Å². The van der Waals surface area contributed by atoms with E-state index in [-0.39, 0.29) is 5.91 Å². The summed E-state index contributed by atoms with van der Waals surface area (Å²) in [5.41, 5.74) is 1.06. The summed E-state index contributed by atoms with van der Waals surface area (Å²) in [7, 11) is 1.78. The van der Waals surface area contributed by atoms with Crippen LogP contribution < -0.4 is 4.80 Å². The molecule has 0 fully saturated rings. The summed E-state index contributed by atoms with van der Waals surface area (Å²) < 4.78 is 10.2. The Bertz CT molecular complexity index is 891. The molecule has 0 aliphatic rings. The van der Waals surface area contributed by atoms with E-state index in [0.29, 0.717) is 30.4 Å². The number of carbonyl (C=O) groups is 1. The molecule has 120 valence electrons. The van der Waals surface area contributed by atoms with Crippen LogP contribution in [0.15, 0.2) is 41.7 Å². The van der Waals surface area contributed by atoms with E-state index in [0.717, 1.165) is 10.2 Å². The number of ether oxygens (including phenoxy) is 1. The van der Waals surface area contributed by atoms with Gasteiger partial charge in [-0.05, 0) is 19.1 Å². The zero-order valence-corrected chi connectivity index (χ0v) is 13.9. The van der Waals surface area contributed by atoms with Crippen LogP contribution in [0.2, 0.25) is 0 Å².